The van der Waals surface area contributed by atoms with Crippen LogP contribution in [0.2, 0.25) is 0 Å². The van der Waals surface area contributed by atoms with Gasteiger partial charge in [-0.25, -0.2) is 4.98 Å². The van der Waals surface area contributed by atoms with E-state index < -0.39 is 0 Å². The first kappa shape index (κ1) is 20.8. The number of fused-ring (bicyclic) bond motifs is 1. The zero-order valence-electron chi connectivity index (χ0n) is 18.8. The lowest BCUT2D eigenvalue weighted by Crippen LogP contribution is -2.30. The molecule has 1 aliphatic heterocycles. The fourth-order valence-corrected chi connectivity index (χ4v) is 4.01. The number of oxazole rings is 1. The number of methoxy groups -OCH3 is 1. The summed E-state index contributed by atoms with van der Waals surface area (Å²) in [5.41, 5.74) is 5.55. The predicted octanol–water partition coefficient (Wildman–Crippen LogP) is 4.87. The van der Waals surface area contributed by atoms with Crippen LogP contribution in [-0.4, -0.2) is 27.8 Å². The molecule has 0 fully saturated rings. The van der Waals surface area contributed by atoms with Crippen molar-refractivity contribution in [2.45, 2.75) is 19.9 Å². The van der Waals surface area contributed by atoms with Gasteiger partial charge in [0, 0.05) is 24.4 Å². The Labute approximate surface area is 191 Å². The molecule has 5 rings (SSSR count). The van der Waals surface area contributed by atoms with E-state index in [1.54, 1.807) is 18.0 Å². The van der Waals surface area contributed by atoms with Crippen molar-refractivity contribution in [2.75, 3.05) is 12.0 Å². The van der Waals surface area contributed by atoms with Gasteiger partial charge in [0.2, 0.25) is 11.8 Å². The number of hydrogen-bond acceptors (Lipinski definition) is 5. The molecule has 0 unspecified atom stereocenters. The van der Waals surface area contributed by atoms with E-state index >= 15 is 0 Å². The largest absolute Gasteiger partial charge is 0.497 e. The molecule has 0 saturated carbocycles. The maximum Gasteiger partial charge on any atom is 0.231 e. The zero-order chi connectivity index (χ0) is 22.9. The van der Waals surface area contributed by atoms with Crippen LogP contribution in [0.4, 0.5) is 5.69 Å². The van der Waals surface area contributed by atoms with Gasteiger partial charge >= 0.3 is 0 Å². The Morgan fingerprint density at radius 3 is 2.58 bits per heavy atom. The summed E-state index contributed by atoms with van der Waals surface area (Å²) in [5.74, 6) is 1.96. The maximum atomic E-state index is 13.5. The van der Waals surface area contributed by atoms with Crippen LogP contribution in [-0.2, 0) is 18.4 Å². The van der Waals surface area contributed by atoms with Crippen molar-refractivity contribution in [3.63, 3.8) is 0 Å². The van der Waals surface area contributed by atoms with Gasteiger partial charge in [0.05, 0.1) is 38.2 Å². The SMILES string of the molecule is COc1ccc(CN2C(=O)CC(c3ncc(C)o3)=Cc3ccc(-c4cnn(C)c4)cc32)cc1. The molecule has 0 spiro atoms. The van der Waals surface area contributed by atoms with E-state index in [9.17, 15) is 4.79 Å². The van der Waals surface area contributed by atoms with E-state index in [4.69, 9.17) is 9.15 Å². The first-order chi connectivity index (χ1) is 16.0. The van der Waals surface area contributed by atoms with Gasteiger partial charge in [-0.05, 0) is 47.9 Å². The highest BCUT2D eigenvalue weighted by Crippen LogP contribution is 2.36. The van der Waals surface area contributed by atoms with Crippen LogP contribution in [0, 0.1) is 6.92 Å². The van der Waals surface area contributed by atoms with Crippen molar-refractivity contribution < 1.29 is 13.9 Å². The summed E-state index contributed by atoms with van der Waals surface area (Å²) in [5, 5.41) is 4.29. The normalized spacial score (nSPS) is 13.5. The third-order valence-electron chi connectivity index (χ3n) is 5.73. The van der Waals surface area contributed by atoms with Crippen molar-refractivity contribution in [2.24, 2.45) is 7.05 Å². The van der Waals surface area contributed by atoms with E-state index in [2.05, 4.69) is 10.1 Å². The Morgan fingerprint density at radius 1 is 1.09 bits per heavy atom. The van der Waals surface area contributed by atoms with Crippen LogP contribution in [0.15, 0.2) is 65.5 Å². The Morgan fingerprint density at radius 2 is 1.91 bits per heavy atom. The van der Waals surface area contributed by atoms with Gasteiger partial charge in [-0.2, -0.15) is 5.10 Å². The first-order valence-electron chi connectivity index (χ1n) is 10.7. The fourth-order valence-electron chi connectivity index (χ4n) is 4.01. The van der Waals surface area contributed by atoms with Crippen LogP contribution in [0.25, 0.3) is 22.8 Å². The molecule has 166 valence electrons. The van der Waals surface area contributed by atoms with Crippen molar-refractivity contribution >= 4 is 23.2 Å². The summed E-state index contributed by atoms with van der Waals surface area (Å²) in [4.78, 5) is 19.7. The van der Waals surface area contributed by atoms with E-state index in [0.29, 0.717) is 18.2 Å². The number of carbonyl (C=O) groups is 1. The summed E-state index contributed by atoms with van der Waals surface area (Å²) in [6.07, 6.45) is 7.66. The molecule has 0 radical (unpaired) electrons. The summed E-state index contributed by atoms with van der Waals surface area (Å²) >= 11 is 0. The van der Waals surface area contributed by atoms with Crippen LogP contribution in [0.5, 0.6) is 5.75 Å². The Kier molecular flexibility index (Phi) is 5.30. The second kappa shape index (κ2) is 8.43. The van der Waals surface area contributed by atoms with Crippen LogP contribution in [0.3, 0.4) is 0 Å². The smallest absolute Gasteiger partial charge is 0.231 e. The van der Waals surface area contributed by atoms with Gasteiger partial charge in [-0.1, -0.05) is 24.3 Å². The van der Waals surface area contributed by atoms with E-state index in [-0.39, 0.29) is 12.3 Å². The van der Waals surface area contributed by atoms with E-state index in [1.165, 1.54) is 0 Å². The van der Waals surface area contributed by atoms with Crippen LogP contribution < -0.4 is 9.64 Å². The zero-order valence-corrected chi connectivity index (χ0v) is 18.8. The number of aryl methyl sites for hydroxylation is 2. The lowest BCUT2D eigenvalue weighted by molar-refractivity contribution is -0.117. The second-order valence-corrected chi connectivity index (χ2v) is 8.13. The van der Waals surface area contributed by atoms with Crippen molar-refractivity contribution in [1.29, 1.82) is 0 Å². The predicted molar refractivity (Wildman–Crippen MR) is 127 cm³/mol. The topological polar surface area (TPSA) is 73.4 Å². The highest BCUT2D eigenvalue weighted by Gasteiger charge is 2.26. The minimum absolute atomic E-state index is 0.0185. The molecular weight excluding hydrogens is 416 g/mol. The molecule has 1 amide bonds. The van der Waals surface area contributed by atoms with Gasteiger partial charge in [-0.15, -0.1) is 0 Å². The quantitative estimate of drug-likeness (QED) is 0.443. The average Bonchev–Trinajstić information content (AvgIpc) is 3.42. The molecule has 7 nitrogen and oxygen atoms in total. The third kappa shape index (κ3) is 4.17. The molecule has 0 N–H and O–H groups in total. The number of aromatic nitrogens is 3. The van der Waals surface area contributed by atoms with Crippen LogP contribution in [0.1, 0.15) is 29.2 Å². The van der Waals surface area contributed by atoms with Gasteiger partial charge < -0.3 is 14.1 Å². The Bertz CT molecular complexity index is 1350. The molecule has 0 atom stereocenters. The van der Waals surface area contributed by atoms with Gasteiger partial charge in [0.25, 0.3) is 0 Å². The number of hydrogen-bond donors (Lipinski definition) is 0. The minimum Gasteiger partial charge on any atom is -0.497 e. The highest BCUT2D eigenvalue weighted by atomic mass is 16.5. The fraction of sp³-hybridized carbons (Fsp3) is 0.192. The van der Waals surface area contributed by atoms with Crippen molar-refractivity contribution in [3.8, 4) is 16.9 Å². The standard InChI is InChI=1S/C26H24N4O3/c1-17-13-27-26(33-17)21-10-20-7-6-19(22-14-28-29(2)16-22)11-24(20)30(25(31)12-21)15-18-4-8-23(32-3)9-5-18/h4-11,13-14,16H,12,15H2,1-3H3. The molecule has 0 saturated heterocycles. The molecule has 1 aliphatic rings. The molecular formula is C26H24N4O3. The molecule has 7 heteroatoms. The summed E-state index contributed by atoms with van der Waals surface area (Å²) < 4.78 is 12.8. The molecule has 4 aromatic rings. The lowest BCUT2D eigenvalue weighted by Gasteiger charge is -2.24. The number of benzene rings is 2. The lowest BCUT2D eigenvalue weighted by atomic mass is 10.0. The Balaban J connectivity index is 1.59. The number of rotatable bonds is 5. The number of nitrogens with zero attached hydrogens (tertiary/aromatic N) is 4. The van der Waals surface area contributed by atoms with Crippen molar-refractivity contribution in [3.05, 3.63) is 83.8 Å². The number of ether oxygens (including phenoxy) is 1. The number of carbonyl (C=O) groups excluding carboxylic acids is 1. The Hall–Kier alpha value is -4.13. The monoisotopic (exact) mass is 440 g/mol. The van der Waals surface area contributed by atoms with Gasteiger partial charge in [0.1, 0.15) is 11.5 Å². The first-order valence-corrected chi connectivity index (χ1v) is 10.7. The van der Waals surface area contributed by atoms with Crippen molar-refractivity contribution in [1.82, 2.24) is 14.8 Å². The molecule has 2 aromatic heterocycles. The van der Waals surface area contributed by atoms with Gasteiger partial charge in [0.15, 0.2) is 0 Å². The second-order valence-electron chi connectivity index (χ2n) is 8.13. The molecule has 2 aromatic carbocycles. The molecule has 0 aliphatic carbocycles. The number of amides is 1. The molecule has 0 bridgehead atoms. The summed E-state index contributed by atoms with van der Waals surface area (Å²) in [7, 11) is 3.53. The maximum absolute atomic E-state index is 13.5. The third-order valence-corrected chi connectivity index (χ3v) is 5.73. The van der Waals surface area contributed by atoms with E-state index in [0.717, 1.165) is 39.3 Å². The van der Waals surface area contributed by atoms with E-state index in [1.807, 2.05) is 79.8 Å². The number of anilines is 1. The summed E-state index contributed by atoms with van der Waals surface area (Å²) in [6.45, 7) is 2.29. The minimum atomic E-state index is -0.0185. The molecule has 3 heterocycles. The van der Waals surface area contributed by atoms with Gasteiger partial charge in [-0.3, -0.25) is 9.48 Å². The molecule has 33 heavy (non-hydrogen) atoms. The van der Waals surface area contributed by atoms with Crippen LogP contribution >= 0.6 is 0 Å². The highest BCUT2D eigenvalue weighted by molar-refractivity contribution is 6.06. The average molecular weight is 441 g/mol. The summed E-state index contributed by atoms with van der Waals surface area (Å²) in [6, 6.07) is 13.9.